The molecule has 0 saturated heterocycles. The summed E-state index contributed by atoms with van der Waals surface area (Å²) in [6.45, 7) is 13.2. The van der Waals surface area contributed by atoms with Crippen LogP contribution < -0.4 is 34.5 Å². The van der Waals surface area contributed by atoms with Gasteiger partial charge in [-0.2, -0.15) is 4.98 Å². The molecule has 2 N–H and O–H groups in total. The van der Waals surface area contributed by atoms with Crippen LogP contribution in [0.3, 0.4) is 0 Å². The number of nitrogens with zero attached hydrogens (tertiary/aromatic N) is 4. The lowest BCUT2D eigenvalue weighted by Crippen LogP contribution is -2.39. The molecule has 0 atom stereocenters. The van der Waals surface area contributed by atoms with E-state index in [0.29, 0.717) is 22.9 Å². The first-order valence-electron chi connectivity index (χ1n) is 14.2. The van der Waals surface area contributed by atoms with Crippen LogP contribution in [0.5, 0.6) is 23.0 Å². The Bertz CT molecular complexity index is 1670. The number of amides is 1. The summed E-state index contributed by atoms with van der Waals surface area (Å²) >= 11 is 0. The molecule has 0 unspecified atom stereocenters. The minimum absolute atomic E-state index is 0.0272. The predicted octanol–water partition coefficient (Wildman–Crippen LogP) is 6.48. The van der Waals surface area contributed by atoms with Crippen LogP contribution in [-0.4, -0.2) is 60.1 Å². The van der Waals surface area contributed by atoms with Crippen molar-refractivity contribution in [2.45, 2.75) is 52.7 Å². The average molecular weight is 677 g/mol. The van der Waals surface area contributed by atoms with Gasteiger partial charge in [-0.15, -0.1) is 0 Å². The molecule has 15 nitrogen and oxygen atoms in total. The number of fused-ring (bicyclic) bond motifs is 1. The van der Waals surface area contributed by atoms with Gasteiger partial charge in [-0.3, -0.25) is 23.3 Å². The zero-order valence-corrected chi connectivity index (χ0v) is 28.5. The van der Waals surface area contributed by atoms with Gasteiger partial charge in [-0.25, -0.2) is 18.9 Å². The second-order valence-electron chi connectivity index (χ2n) is 11.9. The van der Waals surface area contributed by atoms with Crippen molar-refractivity contribution in [2.75, 3.05) is 43.6 Å². The highest BCUT2D eigenvalue weighted by atomic mass is 31.2. The number of aromatic nitrogens is 3. The van der Waals surface area contributed by atoms with E-state index in [-0.39, 0.29) is 34.9 Å². The number of halogens is 1. The maximum absolute atomic E-state index is 14.9. The number of hydrogen-bond acceptors (Lipinski definition) is 14. The number of pyridine rings is 1. The predicted molar refractivity (Wildman–Crippen MR) is 171 cm³/mol. The number of carbonyl (C=O) groups excluding carboxylic acids is 1. The van der Waals surface area contributed by atoms with Crippen LogP contribution >= 0.6 is 7.82 Å². The third-order valence-electron chi connectivity index (χ3n) is 5.84. The summed E-state index contributed by atoms with van der Waals surface area (Å²) in [4.78, 5) is 26.8. The fourth-order valence-electron chi connectivity index (χ4n) is 4.11. The van der Waals surface area contributed by atoms with Gasteiger partial charge in [-0.05, 0) is 53.7 Å². The van der Waals surface area contributed by atoms with Gasteiger partial charge < -0.3 is 29.6 Å². The molecule has 0 spiro atoms. The third kappa shape index (κ3) is 8.86. The van der Waals surface area contributed by atoms with Crippen LogP contribution in [0.4, 0.5) is 33.5 Å². The molecule has 1 amide bonds. The molecule has 4 rings (SSSR count). The Morgan fingerprint density at radius 3 is 2.13 bits per heavy atom. The monoisotopic (exact) mass is 676 g/mol. The molecule has 3 aromatic rings. The Balaban J connectivity index is 1.61. The van der Waals surface area contributed by atoms with Gasteiger partial charge >= 0.3 is 7.82 Å². The number of phosphoric acid groups is 1. The number of methoxy groups -OCH3 is 3. The van der Waals surface area contributed by atoms with E-state index >= 15 is 0 Å². The van der Waals surface area contributed by atoms with E-state index in [1.165, 1.54) is 33.5 Å². The number of carbonyl (C=O) groups is 1. The Morgan fingerprint density at radius 2 is 1.57 bits per heavy atom. The van der Waals surface area contributed by atoms with Gasteiger partial charge in [0.05, 0.1) is 38.7 Å². The molecule has 254 valence electrons. The van der Waals surface area contributed by atoms with Crippen molar-refractivity contribution >= 4 is 42.8 Å². The largest absolute Gasteiger partial charge is 0.493 e. The Labute approximate surface area is 272 Å². The zero-order valence-electron chi connectivity index (χ0n) is 27.6. The first kappa shape index (κ1) is 35.4. The number of hydrogen-bond donors (Lipinski definition) is 2. The minimum Gasteiger partial charge on any atom is -0.493 e. The van der Waals surface area contributed by atoms with Gasteiger partial charge in [0, 0.05) is 17.8 Å². The van der Waals surface area contributed by atoms with Crippen LogP contribution in [0.2, 0.25) is 0 Å². The second-order valence-corrected chi connectivity index (χ2v) is 13.5. The highest BCUT2D eigenvalue weighted by Gasteiger charge is 2.40. The van der Waals surface area contributed by atoms with Crippen molar-refractivity contribution in [3.8, 4) is 23.0 Å². The van der Waals surface area contributed by atoms with E-state index < -0.39 is 37.5 Å². The third-order valence-corrected chi connectivity index (χ3v) is 7.81. The molecule has 3 heterocycles. The molecule has 2 aromatic heterocycles. The molecule has 1 aromatic carbocycles. The number of ether oxygens (including phenoxy) is 4. The molecule has 47 heavy (non-hydrogen) atoms. The first-order valence-corrected chi connectivity index (χ1v) is 15.6. The Morgan fingerprint density at radius 1 is 0.957 bits per heavy atom. The average Bonchev–Trinajstić information content (AvgIpc) is 2.96. The van der Waals surface area contributed by atoms with Crippen molar-refractivity contribution in [3.63, 3.8) is 0 Å². The fourth-order valence-corrected chi connectivity index (χ4v) is 5.85. The van der Waals surface area contributed by atoms with Gasteiger partial charge in [0.1, 0.15) is 12.5 Å². The lowest BCUT2D eigenvalue weighted by molar-refractivity contribution is -0.118. The standard InChI is InChI=1S/C30H38FN6O9P/c1-17-27(38)37(16-43-47(39,45-29(2,3)4)46-30(5,6)7)26-20(44-17)11-12-23(35-26)34-25-19(31)15-32-28(36-25)33-18-13-21(40-8)24(42-10)22(14-18)41-9/h11-15H,1,16H2,2-10H3,(H2,32,33,34,35,36). The van der Waals surface area contributed by atoms with Crippen molar-refractivity contribution in [2.24, 2.45) is 0 Å². The summed E-state index contributed by atoms with van der Waals surface area (Å²) in [6, 6.07) is 6.23. The molecular weight excluding hydrogens is 638 g/mol. The van der Waals surface area contributed by atoms with E-state index in [4.69, 9.17) is 32.5 Å². The molecule has 0 fully saturated rings. The van der Waals surface area contributed by atoms with Crippen molar-refractivity contribution in [1.29, 1.82) is 0 Å². The summed E-state index contributed by atoms with van der Waals surface area (Å²) in [5.74, 6) is -0.608. The number of benzene rings is 1. The lowest BCUT2D eigenvalue weighted by Gasteiger charge is -2.33. The number of nitrogens with one attached hydrogen (secondary N) is 2. The fraction of sp³-hybridized carbons (Fsp3) is 0.400. The normalized spacial score (nSPS) is 13.5. The van der Waals surface area contributed by atoms with Crippen molar-refractivity contribution < 1.29 is 46.3 Å². The van der Waals surface area contributed by atoms with Crippen molar-refractivity contribution in [3.05, 3.63) is 48.6 Å². The molecule has 1 aliphatic rings. The smallest absolute Gasteiger partial charge is 0.477 e. The van der Waals surface area contributed by atoms with Gasteiger partial charge in [0.15, 0.2) is 40.5 Å². The van der Waals surface area contributed by atoms with Crippen LogP contribution in [0.15, 0.2) is 42.8 Å². The minimum atomic E-state index is -4.21. The summed E-state index contributed by atoms with van der Waals surface area (Å²) < 4.78 is 67.1. The van der Waals surface area contributed by atoms with E-state index in [0.717, 1.165) is 11.1 Å². The molecule has 0 bridgehead atoms. The van der Waals surface area contributed by atoms with Crippen LogP contribution in [0, 0.1) is 5.82 Å². The number of phosphoric ester groups is 1. The quantitative estimate of drug-likeness (QED) is 0.158. The van der Waals surface area contributed by atoms with Gasteiger partial charge in [0.2, 0.25) is 11.7 Å². The van der Waals surface area contributed by atoms with E-state index in [2.05, 4.69) is 32.2 Å². The van der Waals surface area contributed by atoms with E-state index in [1.807, 2.05) is 0 Å². The Kier molecular flexibility index (Phi) is 10.3. The van der Waals surface area contributed by atoms with Crippen LogP contribution in [-0.2, 0) is 22.9 Å². The molecule has 0 radical (unpaired) electrons. The lowest BCUT2D eigenvalue weighted by atomic mass is 10.2. The second kappa shape index (κ2) is 13.7. The molecule has 17 heteroatoms. The Hall–Kier alpha value is -4.50. The van der Waals surface area contributed by atoms with Gasteiger partial charge in [0.25, 0.3) is 5.91 Å². The molecule has 0 saturated carbocycles. The van der Waals surface area contributed by atoms with E-state index in [1.54, 1.807) is 53.7 Å². The first-order chi connectivity index (χ1) is 21.9. The van der Waals surface area contributed by atoms with Gasteiger partial charge in [-0.1, -0.05) is 6.58 Å². The highest BCUT2D eigenvalue weighted by molar-refractivity contribution is 7.48. The van der Waals surface area contributed by atoms with Crippen LogP contribution in [0.1, 0.15) is 41.5 Å². The molecule has 0 aliphatic carbocycles. The van der Waals surface area contributed by atoms with E-state index in [9.17, 15) is 13.8 Å². The topological polar surface area (TPSA) is 165 Å². The molecule has 1 aliphatic heterocycles. The number of anilines is 5. The summed E-state index contributed by atoms with van der Waals surface area (Å²) in [6.07, 6.45) is 0.965. The molecular formula is C30H38FN6O9P. The summed E-state index contributed by atoms with van der Waals surface area (Å²) in [7, 11) is 0.217. The summed E-state index contributed by atoms with van der Waals surface area (Å²) in [5.41, 5.74) is -1.35. The zero-order chi connectivity index (χ0) is 34.7. The van der Waals surface area contributed by atoms with Crippen LogP contribution in [0.25, 0.3) is 0 Å². The van der Waals surface area contributed by atoms with Crippen molar-refractivity contribution in [1.82, 2.24) is 15.0 Å². The number of rotatable bonds is 12. The maximum atomic E-state index is 14.9. The summed E-state index contributed by atoms with van der Waals surface area (Å²) in [5, 5.41) is 5.76. The highest BCUT2D eigenvalue weighted by Crippen LogP contribution is 2.55. The maximum Gasteiger partial charge on any atom is 0.477 e. The SMILES string of the molecule is C=C1Oc2ccc(Nc3nc(Nc4cc(OC)c(OC)c(OC)c4)ncc3F)nc2N(COP(=O)(OC(C)(C)C)OC(C)(C)C)C1=O.